The zero-order valence-corrected chi connectivity index (χ0v) is 14.7. The summed E-state index contributed by atoms with van der Waals surface area (Å²) in [5.41, 5.74) is 1.25. The monoisotopic (exact) mass is 357 g/mol. The van der Waals surface area contributed by atoms with Gasteiger partial charge in [-0.25, -0.2) is 0 Å². The van der Waals surface area contributed by atoms with E-state index >= 15 is 0 Å². The smallest absolute Gasteiger partial charge is 0.307 e. The number of hydrogen-bond donors (Lipinski definition) is 1. The normalized spacial score (nSPS) is 9.92. The van der Waals surface area contributed by atoms with Crippen LogP contribution in [0.15, 0.2) is 47.1 Å². The van der Waals surface area contributed by atoms with Gasteiger partial charge in [-0.05, 0) is 49.5 Å². The van der Waals surface area contributed by atoms with Gasteiger partial charge in [-0.15, -0.1) is 0 Å². The second-order valence-electron chi connectivity index (χ2n) is 5.18. The fourth-order valence-electron chi connectivity index (χ4n) is 2.17. The van der Waals surface area contributed by atoms with Gasteiger partial charge in [0.15, 0.2) is 5.11 Å². The van der Waals surface area contributed by atoms with Crippen molar-refractivity contribution in [2.24, 2.45) is 0 Å². The number of benzene rings is 1. The van der Waals surface area contributed by atoms with Crippen LogP contribution in [-0.4, -0.2) is 29.1 Å². The van der Waals surface area contributed by atoms with E-state index in [0.717, 1.165) is 5.76 Å². The molecule has 0 aliphatic rings. The molecule has 0 bridgehead atoms. The van der Waals surface area contributed by atoms with Crippen LogP contribution in [-0.2, 0) is 16.1 Å². The summed E-state index contributed by atoms with van der Waals surface area (Å²) < 4.78 is 10.3. The molecule has 6 nitrogen and oxygen atoms in total. The van der Waals surface area contributed by atoms with Crippen LogP contribution in [0.2, 0.25) is 0 Å². The van der Waals surface area contributed by atoms with Gasteiger partial charge in [0.05, 0.1) is 37.5 Å². The van der Waals surface area contributed by atoms with Crippen LogP contribution >= 0.6 is 12.2 Å². The molecule has 0 unspecified atom stereocenters. The minimum absolute atomic E-state index is 0.217. The number of nitrogens with zero attached hydrogens (tertiary/aromatic N) is 2. The lowest BCUT2D eigenvalue weighted by molar-refractivity contribution is -0.143. The molecule has 0 aliphatic heterocycles. The Morgan fingerprint density at radius 3 is 2.92 bits per heavy atom. The highest BCUT2D eigenvalue weighted by Crippen LogP contribution is 2.13. The van der Waals surface area contributed by atoms with Crippen LogP contribution in [0.5, 0.6) is 0 Å². The summed E-state index contributed by atoms with van der Waals surface area (Å²) in [4.78, 5) is 13.5. The van der Waals surface area contributed by atoms with Crippen molar-refractivity contribution >= 4 is 29.0 Å². The van der Waals surface area contributed by atoms with Crippen molar-refractivity contribution in [1.29, 1.82) is 5.26 Å². The maximum atomic E-state index is 11.6. The highest BCUT2D eigenvalue weighted by Gasteiger charge is 2.15. The number of esters is 1. The third-order valence-corrected chi connectivity index (χ3v) is 3.71. The van der Waals surface area contributed by atoms with Crippen LogP contribution in [0.3, 0.4) is 0 Å². The van der Waals surface area contributed by atoms with Crippen LogP contribution in [0.4, 0.5) is 5.69 Å². The Bertz CT molecular complexity index is 753. The number of hydrogen-bond acceptors (Lipinski definition) is 5. The van der Waals surface area contributed by atoms with E-state index in [4.69, 9.17) is 26.6 Å². The molecule has 2 aromatic rings. The molecule has 0 atom stereocenters. The first kappa shape index (κ1) is 18.5. The number of rotatable bonds is 7. The Balaban J connectivity index is 2.05. The summed E-state index contributed by atoms with van der Waals surface area (Å²) >= 11 is 5.46. The molecule has 2 rings (SSSR count). The first-order valence-electron chi connectivity index (χ1n) is 7.86. The molecule has 1 aromatic carbocycles. The zero-order valence-electron chi connectivity index (χ0n) is 13.9. The lowest BCUT2D eigenvalue weighted by atomic mass is 10.2. The predicted octanol–water partition coefficient (Wildman–Crippen LogP) is 3.30. The summed E-state index contributed by atoms with van der Waals surface area (Å²) in [5, 5.41) is 12.5. The van der Waals surface area contributed by atoms with Crippen molar-refractivity contribution in [2.75, 3.05) is 18.5 Å². The van der Waals surface area contributed by atoms with Crippen molar-refractivity contribution in [1.82, 2.24) is 4.90 Å². The number of nitriles is 1. The highest BCUT2D eigenvalue weighted by molar-refractivity contribution is 7.80. The largest absolute Gasteiger partial charge is 0.467 e. The van der Waals surface area contributed by atoms with Gasteiger partial charge in [-0.2, -0.15) is 5.26 Å². The first-order chi connectivity index (χ1) is 12.1. The fraction of sp³-hybridized carbons (Fsp3) is 0.278. The third-order valence-electron chi connectivity index (χ3n) is 3.35. The quantitative estimate of drug-likeness (QED) is 0.601. The number of furan rings is 1. The summed E-state index contributed by atoms with van der Waals surface area (Å²) in [6.07, 6.45) is 1.81. The van der Waals surface area contributed by atoms with Crippen LogP contribution < -0.4 is 5.32 Å². The van der Waals surface area contributed by atoms with Crippen molar-refractivity contribution in [3.8, 4) is 6.07 Å². The fourth-order valence-corrected chi connectivity index (χ4v) is 2.45. The summed E-state index contributed by atoms with van der Waals surface area (Å²) in [7, 11) is 0. The van der Waals surface area contributed by atoms with Gasteiger partial charge in [-0.1, -0.05) is 6.07 Å². The Hall–Kier alpha value is -2.85. The predicted molar refractivity (Wildman–Crippen MR) is 97.7 cm³/mol. The molecule has 1 heterocycles. The molecule has 0 radical (unpaired) electrons. The van der Waals surface area contributed by atoms with E-state index in [1.165, 1.54) is 0 Å². The molecule has 130 valence electrons. The van der Waals surface area contributed by atoms with E-state index in [2.05, 4.69) is 11.4 Å². The van der Waals surface area contributed by atoms with E-state index in [0.29, 0.717) is 36.1 Å². The van der Waals surface area contributed by atoms with Crippen molar-refractivity contribution in [2.45, 2.75) is 19.9 Å². The number of ether oxygens (including phenoxy) is 1. The Morgan fingerprint density at radius 2 is 2.24 bits per heavy atom. The number of carbonyl (C=O) groups is 1. The minimum atomic E-state index is -0.277. The number of anilines is 1. The summed E-state index contributed by atoms with van der Waals surface area (Å²) in [5.74, 6) is 0.458. The zero-order chi connectivity index (χ0) is 18.1. The maximum Gasteiger partial charge on any atom is 0.307 e. The Kier molecular flexibility index (Phi) is 6.99. The summed E-state index contributed by atoms with van der Waals surface area (Å²) in [6.45, 7) is 2.94. The molecular formula is C18H19N3O3S. The van der Waals surface area contributed by atoms with Crippen LogP contribution in [0.1, 0.15) is 24.7 Å². The average molecular weight is 357 g/mol. The van der Waals surface area contributed by atoms with Crippen molar-refractivity contribution in [3.05, 3.63) is 54.0 Å². The van der Waals surface area contributed by atoms with Crippen LogP contribution in [0, 0.1) is 11.3 Å². The first-order valence-corrected chi connectivity index (χ1v) is 8.27. The third kappa shape index (κ3) is 5.94. The second kappa shape index (κ2) is 9.45. The van der Waals surface area contributed by atoms with Crippen molar-refractivity contribution < 1.29 is 13.9 Å². The van der Waals surface area contributed by atoms with E-state index < -0.39 is 0 Å². The molecule has 0 saturated heterocycles. The van der Waals surface area contributed by atoms with Crippen molar-refractivity contribution in [3.63, 3.8) is 0 Å². The van der Waals surface area contributed by atoms with Crippen LogP contribution in [0.25, 0.3) is 0 Å². The molecule has 7 heteroatoms. The SMILES string of the molecule is CCOC(=O)CCN(Cc1ccco1)C(=S)Nc1cccc(C#N)c1. The molecule has 0 aliphatic carbocycles. The molecular weight excluding hydrogens is 338 g/mol. The maximum absolute atomic E-state index is 11.6. The Labute approximate surface area is 152 Å². The van der Waals surface area contributed by atoms with E-state index in [-0.39, 0.29) is 12.4 Å². The number of carbonyl (C=O) groups excluding carboxylic acids is 1. The average Bonchev–Trinajstić information content (AvgIpc) is 3.12. The Morgan fingerprint density at radius 1 is 1.40 bits per heavy atom. The number of thiocarbonyl (C=S) groups is 1. The molecule has 0 fully saturated rings. The second-order valence-corrected chi connectivity index (χ2v) is 5.57. The lowest BCUT2D eigenvalue weighted by Crippen LogP contribution is -2.36. The number of nitrogens with one attached hydrogen (secondary N) is 1. The molecule has 0 saturated carbocycles. The van der Waals surface area contributed by atoms with E-state index in [1.54, 1.807) is 37.5 Å². The molecule has 0 amide bonds. The van der Waals surface area contributed by atoms with Gasteiger partial charge in [0.2, 0.25) is 0 Å². The van der Waals surface area contributed by atoms with Gasteiger partial charge in [0.25, 0.3) is 0 Å². The van der Waals surface area contributed by atoms with E-state index in [9.17, 15) is 4.79 Å². The minimum Gasteiger partial charge on any atom is -0.467 e. The van der Waals surface area contributed by atoms with Gasteiger partial charge in [-0.3, -0.25) is 4.79 Å². The summed E-state index contributed by atoms with van der Waals surface area (Å²) in [6, 6.07) is 12.8. The van der Waals surface area contributed by atoms with Gasteiger partial charge in [0.1, 0.15) is 5.76 Å². The molecule has 1 N–H and O–H groups in total. The highest BCUT2D eigenvalue weighted by atomic mass is 32.1. The standard InChI is InChI=1S/C18H19N3O3S/c1-2-23-17(22)8-9-21(13-16-7-4-10-24-16)18(25)20-15-6-3-5-14(11-15)12-19/h3-7,10-11H,2,8-9,13H2,1H3,(H,20,25). The molecule has 25 heavy (non-hydrogen) atoms. The van der Waals surface area contributed by atoms with Gasteiger partial charge >= 0.3 is 5.97 Å². The van der Waals surface area contributed by atoms with Gasteiger partial charge < -0.3 is 19.4 Å². The van der Waals surface area contributed by atoms with Gasteiger partial charge in [0, 0.05) is 12.2 Å². The molecule has 0 spiro atoms. The topological polar surface area (TPSA) is 78.5 Å². The van der Waals surface area contributed by atoms with E-state index in [1.807, 2.05) is 17.0 Å². The molecule has 1 aromatic heterocycles. The lowest BCUT2D eigenvalue weighted by Gasteiger charge is -2.24.